The molecule has 21 nitrogen and oxygen atoms in total. The third-order valence-electron chi connectivity index (χ3n) is 20.5. The summed E-state index contributed by atoms with van der Waals surface area (Å²) in [5.41, 5.74) is -2.83. The van der Waals surface area contributed by atoms with Crippen molar-refractivity contribution in [3.8, 4) is 0 Å². The molecule has 5 saturated carbocycles. The molecule has 70 heavy (non-hydrogen) atoms. The number of fused-ring (bicyclic) bond motifs is 4. The van der Waals surface area contributed by atoms with Gasteiger partial charge in [0.2, 0.25) is 0 Å². The average Bonchev–Trinajstić information content (AvgIpc) is 3.84. The van der Waals surface area contributed by atoms with Crippen LogP contribution in [-0.2, 0) is 42.7 Å². The Bertz CT molecular complexity index is 1910. The third-order valence-corrected chi connectivity index (χ3v) is 20.5. The van der Waals surface area contributed by atoms with Crippen LogP contribution in [0.15, 0.2) is 0 Å². The predicted molar refractivity (Wildman–Crippen MR) is 237 cm³/mol. The Kier molecular flexibility index (Phi) is 14.2. The fourth-order valence-electron chi connectivity index (χ4n) is 16.6. The van der Waals surface area contributed by atoms with Crippen LogP contribution in [0.1, 0.15) is 99.3 Å². The number of hydrogen-bond acceptors (Lipinski definition) is 21. The Morgan fingerprint density at radius 1 is 0.629 bits per heavy atom. The van der Waals surface area contributed by atoms with E-state index in [-0.39, 0.29) is 45.8 Å². The molecule has 4 aliphatic heterocycles. The van der Waals surface area contributed by atoms with E-state index >= 15 is 0 Å². The molecule has 0 bridgehead atoms. The number of carbonyl (C=O) groups is 1. The van der Waals surface area contributed by atoms with Crippen molar-refractivity contribution in [1.82, 2.24) is 0 Å². The second-order valence-electron chi connectivity index (χ2n) is 24.1. The minimum atomic E-state index is -2.04. The molecular weight excluding hydrogens is 925 g/mol. The zero-order valence-corrected chi connectivity index (χ0v) is 41.4. The first kappa shape index (κ1) is 53.7. The molecular formula is C49H80O21. The van der Waals surface area contributed by atoms with Crippen molar-refractivity contribution in [2.75, 3.05) is 33.5 Å². The minimum absolute atomic E-state index is 0.0230. The van der Waals surface area contributed by atoms with Crippen LogP contribution < -0.4 is 0 Å². The van der Waals surface area contributed by atoms with Crippen molar-refractivity contribution < 1.29 is 104 Å². The fourth-order valence-corrected chi connectivity index (χ4v) is 16.6. The highest BCUT2D eigenvalue weighted by atomic mass is 16.8. The second kappa shape index (κ2) is 18.6. The highest BCUT2D eigenvalue weighted by Gasteiger charge is 2.85. The number of hydrogen-bond donors (Lipinski definition) is 12. The maximum absolute atomic E-state index is 13.9. The van der Waals surface area contributed by atoms with E-state index in [4.69, 9.17) is 37.9 Å². The molecule has 402 valence electrons. The predicted octanol–water partition coefficient (Wildman–Crippen LogP) is -2.05. The third kappa shape index (κ3) is 7.80. The summed E-state index contributed by atoms with van der Waals surface area (Å²) in [6, 6.07) is 0. The van der Waals surface area contributed by atoms with Gasteiger partial charge in [-0.25, -0.2) is 0 Å². The summed E-state index contributed by atoms with van der Waals surface area (Å²) in [4.78, 5) is 13.9. The van der Waals surface area contributed by atoms with E-state index in [1.807, 2.05) is 0 Å². The molecule has 27 atom stereocenters. The molecule has 21 heteroatoms. The van der Waals surface area contributed by atoms with Crippen LogP contribution in [0.5, 0.6) is 0 Å². The molecule has 5 aliphatic carbocycles. The van der Waals surface area contributed by atoms with Gasteiger partial charge in [0.25, 0.3) is 0 Å². The Morgan fingerprint density at radius 2 is 1.17 bits per heavy atom. The van der Waals surface area contributed by atoms with E-state index in [0.29, 0.717) is 18.8 Å². The van der Waals surface area contributed by atoms with E-state index in [9.17, 15) is 66.1 Å². The molecule has 9 fully saturated rings. The highest BCUT2D eigenvalue weighted by molar-refractivity contribution is 5.87. The first-order valence-corrected chi connectivity index (χ1v) is 25.4. The normalized spacial score (nSPS) is 55.6. The summed E-state index contributed by atoms with van der Waals surface area (Å²) < 4.78 is 48.9. The SMILES string of the molecule is CO[C@]12C[C@@]3(C)[C@@H]4CC[C@H]5C(C)(C)[C@@H](O[C@@H]6O[C@H](CO)[C@H](O)[C@H](O)[C@H]6O[C@@H]6O[C@H](CO)[C@@H](O)[C@H](O)[C@H]6O)CC[C@@]56C[C@@]46CC[C@]3(C)[C@H]1[C@H](C)[C@H](CC(=O)[C@](C)(O)CO[C@@H]1O[C@H](CO)[C@@H](O)[C@H](O)[C@H]1O)O2. The summed E-state index contributed by atoms with van der Waals surface area (Å²) in [6.07, 6.45) is -17.2. The fraction of sp³-hybridized carbons (Fsp3) is 0.980. The molecule has 0 aromatic heterocycles. The number of methoxy groups -OCH3 is 1. The van der Waals surface area contributed by atoms with E-state index < -0.39 is 153 Å². The van der Waals surface area contributed by atoms with Crippen LogP contribution in [0.3, 0.4) is 0 Å². The van der Waals surface area contributed by atoms with Crippen molar-refractivity contribution in [3.05, 3.63) is 0 Å². The van der Waals surface area contributed by atoms with E-state index in [1.54, 1.807) is 7.11 Å². The lowest BCUT2D eigenvalue weighted by molar-refractivity contribution is -0.377. The van der Waals surface area contributed by atoms with Crippen molar-refractivity contribution in [3.63, 3.8) is 0 Å². The van der Waals surface area contributed by atoms with Gasteiger partial charge in [0.05, 0.1) is 38.6 Å². The van der Waals surface area contributed by atoms with Gasteiger partial charge in [-0.1, -0.05) is 34.6 Å². The lowest BCUT2D eigenvalue weighted by Crippen LogP contribution is -2.65. The topological polar surface area (TPSA) is 334 Å². The lowest BCUT2D eigenvalue weighted by Gasteiger charge is -2.63. The van der Waals surface area contributed by atoms with Crippen LogP contribution in [0, 0.1) is 50.7 Å². The van der Waals surface area contributed by atoms with Gasteiger partial charge >= 0.3 is 0 Å². The average molecular weight is 1010 g/mol. The van der Waals surface area contributed by atoms with Gasteiger partial charge in [0, 0.05) is 25.9 Å². The highest BCUT2D eigenvalue weighted by Crippen LogP contribution is 2.90. The zero-order chi connectivity index (χ0) is 51.1. The number of Topliss-reactive ketones (excluding diaryl/α,β-unsaturated/α-hetero) is 1. The molecule has 12 N–H and O–H groups in total. The van der Waals surface area contributed by atoms with E-state index in [0.717, 1.165) is 38.5 Å². The Hall–Kier alpha value is -1.13. The standard InChI is InChI=1S/C49H80O21/c1-21-22(14-28(53)46(6,62)20-64-40-36(60)33(57)30(54)23(15-50)65-40)70-49(63-7)18-45(5)27-9-8-26-43(2,3)29(10-11-47(26)19-48(27,47)13-12-44(45,4)39(21)49)68-42-38(35(59)32(56)25(17-52)67-42)69-41-37(61)34(58)31(55)24(16-51)66-41/h21-27,29-42,50-52,54-62H,8-20H2,1-7H3/t21-,22+,23-,24-,25-,26+,27+,29+,30-,31-,32+,33+,34+,35+,36-,37-,38-,39-,40-,41+,42+,44-,45+,46-,47-,48+,49+/m1/s1. The molecule has 0 radical (unpaired) electrons. The Balaban J connectivity index is 0.884. The van der Waals surface area contributed by atoms with Crippen molar-refractivity contribution in [2.45, 2.75) is 215 Å². The van der Waals surface area contributed by atoms with Gasteiger partial charge in [-0.15, -0.1) is 0 Å². The zero-order valence-electron chi connectivity index (χ0n) is 41.4. The molecule has 9 rings (SSSR count). The van der Waals surface area contributed by atoms with Crippen LogP contribution in [0.2, 0.25) is 0 Å². The summed E-state index contributed by atoms with van der Waals surface area (Å²) >= 11 is 0. The quantitative estimate of drug-likeness (QED) is 0.0834. The number of carbonyl (C=O) groups excluding carboxylic acids is 1. The van der Waals surface area contributed by atoms with Crippen molar-refractivity contribution >= 4 is 5.78 Å². The van der Waals surface area contributed by atoms with Gasteiger partial charge in [-0.2, -0.15) is 0 Å². The molecule has 0 unspecified atom stereocenters. The largest absolute Gasteiger partial charge is 0.394 e. The van der Waals surface area contributed by atoms with E-state index in [2.05, 4.69) is 34.6 Å². The number of ketones is 1. The molecule has 0 aromatic rings. The smallest absolute Gasteiger partial charge is 0.187 e. The van der Waals surface area contributed by atoms with Gasteiger partial charge < -0.3 is 99.2 Å². The first-order chi connectivity index (χ1) is 32.8. The monoisotopic (exact) mass is 1000 g/mol. The van der Waals surface area contributed by atoms with Gasteiger partial charge in [-0.05, 0) is 96.7 Å². The van der Waals surface area contributed by atoms with Crippen molar-refractivity contribution in [1.29, 1.82) is 0 Å². The van der Waals surface area contributed by atoms with Crippen molar-refractivity contribution in [2.24, 2.45) is 50.7 Å². The maximum atomic E-state index is 13.9. The molecule has 0 amide bonds. The van der Waals surface area contributed by atoms with Gasteiger partial charge in [-0.3, -0.25) is 4.79 Å². The molecule has 0 aromatic carbocycles. The first-order valence-electron chi connectivity index (χ1n) is 25.4. The molecule has 4 saturated heterocycles. The lowest BCUT2D eigenvalue weighted by atomic mass is 9.41. The van der Waals surface area contributed by atoms with Crippen LogP contribution in [0.4, 0.5) is 0 Å². The summed E-state index contributed by atoms with van der Waals surface area (Å²) in [5.74, 6) is -1.16. The summed E-state index contributed by atoms with van der Waals surface area (Å²) in [6.45, 7) is 10.0. The Labute approximate surface area is 408 Å². The second-order valence-corrected chi connectivity index (χ2v) is 24.1. The number of rotatable bonds is 14. The Morgan fingerprint density at radius 3 is 1.77 bits per heavy atom. The number of aliphatic hydroxyl groups is 12. The number of ether oxygens (including phenoxy) is 8. The van der Waals surface area contributed by atoms with Crippen LogP contribution in [0.25, 0.3) is 0 Å². The van der Waals surface area contributed by atoms with Crippen LogP contribution >= 0.6 is 0 Å². The van der Waals surface area contributed by atoms with Gasteiger partial charge in [0.1, 0.15) is 78.8 Å². The number of aliphatic hydroxyl groups excluding tert-OH is 11. The summed E-state index contributed by atoms with van der Waals surface area (Å²) in [5, 5.41) is 126. The van der Waals surface area contributed by atoms with Crippen LogP contribution in [-0.4, -0.2) is 216 Å². The van der Waals surface area contributed by atoms with Gasteiger partial charge in [0.15, 0.2) is 30.4 Å². The minimum Gasteiger partial charge on any atom is -0.394 e. The van der Waals surface area contributed by atoms with E-state index in [1.165, 1.54) is 6.92 Å². The maximum Gasteiger partial charge on any atom is 0.187 e. The summed E-state index contributed by atoms with van der Waals surface area (Å²) in [7, 11) is 1.67. The molecule has 9 aliphatic rings. The molecule has 4 heterocycles. The molecule has 2 spiro atoms.